The fraction of sp³-hybridized carbons (Fsp3) is 0.615. The Balaban J connectivity index is 1.77. The van der Waals surface area contributed by atoms with Crippen LogP contribution in [0.2, 0.25) is 0 Å². The molecule has 1 N–H and O–H groups in total. The summed E-state index contributed by atoms with van der Waals surface area (Å²) in [5.74, 6) is 1.04. The van der Waals surface area contributed by atoms with E-state index in [1.165, 1.54) is 0 Å². The molecular weight excluding hydrogens is 232 g/mol. The number of carbonyl (C=O) groups is 1. The van der Waals surface area contributed by atoms with Crippen LogP contribution in [0.3, 0.4) is 0 Å². The van der Waals surface area contributed by atoms with Crippen LogP contribution >= 0.6 is 0 Å². The van der Waals surface area contributed by atoms with Gasteiger partial charge < -0.3 is 19.4 Å². The Hall–Kier alpha value is -1.33. The Labute approximate surface area is 107 Å². The zero-order valence-corrected chi connectivity index (χ0v) is 10.7. The summed E-state index contributed by atoms with van der Waals surface area (Å²) < 4.78 is 10.8. The van der Waals surface area contributed by atoms with Gasteiger partial charge in [0.15, 0.2) is 0 Å². The molecule has 0 aromatic carbocycles. The summed E-state index contributed by atoms with van der Waals surface area (Å²) in [6.45, 7) is 2.77. The van der Waals surface area contributed by atoms with Gasteiger partial charge in [0.1, 0.15) is 5.76 Å². The van der Waals surface area contributed by atoms with E-state index in [0.717, 1.165) is 12.3 Å². The van der Waals surface area contributed by atoms with Crippen LogP contribution in [0.4, 0.5) is 0 Å². The van der Waals surface area contributed by atoms with Crippen molar-refractivity contribution in [1.29, 1.82) is 0 Å². The number of furan rings is 1. The zero-order valence-electron chi connectivity index (χ0n) is 10.7. The van der Waals surface area contributed by atoms with E-state index in [1.807, 2.05) is 24.1 Å². The van der Waals surface area contributed by atoms with Crippen LogP contribution in [0.5, 0.6) is 0 Å². The number of nitrogens with zero attached hydrogens (tertiary/aromatic N) is 1. The van der Waals surface area contributed by atoms with Crippen molar-refractivity contribution in [3.05, 3.63) is 24.2 Å². The molecule has 100 valence electrons. The number of likely N-dealkylation sites (N-methyl/N-ethyl adjacent to an activating group) is 1. The molecule has 2 heterocycles. The second-order valence-electron chi connectivity index (χ2n) is 4.47. The van der Waals surface area contributed by atoms with E-state index >= 15 is 0 Å². The molecule has 1 unspecified atom stereocenters. The predicted molar refractivity (Wildman–Crippen MR) is 67.3 cm³/mol. The van der Waals surface area contributed by atoms with Crippen LogP contribution in [-0.2, 0) is 16.0 Å². The topological polar surface area (TPSA) is 54.7 Å². The van der Waals surface area contributed by atoms with Crippen LogP contribution < -0.4 is 5.32 Å². The highest BCUT2D eigenvalue weighted by Crippen LogP contribution is 2.09. The molecule has 0 aliphatic carbocycles. The van der Waals surface area contributed by atoms with E-state index in [1.54, 1.807) is 6.26 Å². The fourth-order valence-electron chi connectivity index (χ4n) is 2.14. The van der Waals surface area contributed by atoms with Crippen molar-refractivity contribution in [2.75, 3.05) is 33.3 Å². The fourth-order valence-corrected chi connectivity index (χ4v) is 2.14. The lowest BCUT2D eigenvalue weighted by molar-refractivity contribution is -0.138. The lowest BCUT2D eigenvalue weighted by Crippen LogP contribution is -2.48. The number of rotatable bonds is 5. The number of hydrogen-bond acceptors (Lipinski definition) is 4. The summed E-state index contributed by atoms with van der Waals surface area (Å²) in [6, 6.07) is 3.74. The second kappa shape index (κ2) is 6.56. The van der Waals surface area contributed by atoms with Gasteiger partial charge in [-0.1, -0.05) is 0 Å². The molecule has 1 amide bonds. The first kappa shape index (κ1) is 13.1. The molecule has 2 rings (SSSR count). The first-order valence-electron chi connectivity index (χ1n) is 6.36. The Morgan fingerprint density at radius 1 is 1.61 bits per heavy atom. The maximum Gasteiger partial charge on any atom is 0.223 e. The molecule has 1 saturated heterocycles. The number of amides is 1. The Bertz CT molecular complexity index is 362. The molecule has 1 aliphatic rings. The van der Waals surface area contributed by atoms with Crippen molar-refractivity contribution in [3.8, 4) is 0 Å². The summed E-state index contributed by atoms with van der Waals surface area (Å²) in [4.78, 5) is 13.9. The molecule has 0 bridgehead atoms. The third kappa shape index (κ3) is 3.58. The van der Waals surface area contributed by atoms with Crippen LogP contribution in [0.1, 0.15) is 12.2 Å². The smallest absolute Gasteiger partial charge is 0.223 e. The van der Waals surface area contributed by atoms with Gasteiger partial charge in [0.25, 0.3) is 0 Å². The summed E-state index contributed by atoms with van der Waals surface area (Å²) in [6.07, 6.45) is 2.91. The largest absolute Gasteiger partial charge is 0.469 e. The maximum atomic E-state index is 12.1. The predicted octanol–water partition coefficient (Wildman–Crippen LogP) is 0.659. The lowest BCUT2D eigenvalue weighted by Gasteiger charge is -2.33. The van der Waals surface area contributed by atoms with Crippen molar-refractivity contribution >= 4 is 5.91 Å². The van der Waals surface area contributed by atoms with Gasteiger partial charge in [-0.3, -0.25) is 4.79 Å². The standard InChI is InChI=1S/C13H20N2O3/c1-14-9-12-10-15(6-8-18-12)13(16)5-4-11-3-2-7-17-11/h2-3,7,12,14H,4-6,8-10H2,1H3. The average Bonchev–Trinajstić information content (AvgIpc) is 2.90. The zero-order chi connectivity index (χ0) is 12.8. The van der Waals surface area contributed by atoms with Crippen molar-refractivity contribution in [2.24, 2.45) is 0 Å². The molecule has 0 saturated carbocycles. The minimum Gasteiger partial charge on any atom is -0.469 e. The van der Waals surface area contributed by atoms with Gasteiger partial charge in [-0.15, -0.1) is 0 Å². The van der Waals surface area contributed by atoms with E-state index in [9.17, 15) is 4.79 Å². The summed E-state index contributed by atoms with van der Waals surface area (Å²) in [7, 11) is 1.89. The maximum absolute atomic E-state index is 12.1. The third-order valence-electron chi connectivity index (χ3n) is 3.09. The number of ether oxygens (including phenoxy) is 1. The normalized spacial score (nSPS) is 20.1. The van der Waals surface area contributed by atoms with Gasteiger partial charge >= 0.3 is 0 Å². The van der Waals surface area contributed by atoms with Gasteiger partial charge in [0, 0.05) is 32.5 Å². The Kier molecular flexibility index (Phi) is 4.78. The third-order valence-corrected chi connectivity index (χ3v) is 3.09. The number of nitrogens with one attached hydrogen (secondary N) is 1. The van der Waals surface area contributed by atoms with Crippen molar-refractivity contribution < 1.29 is 13.9 Å². The minimum atomic E-state index is 0.108. The molecule has 1 aliphatic heterocycles. The van der Waals surface area contributed by atoms with Crippen LogP contribution in [0.15, 0.2) is 22.8 Å². The van der Waals surface area contributed by atoms with Crippen molar-refractivity contribution in [3.63, 3.8) is 0 Å². The monoisotopic (exact) mass is 252 g/mol. The molecule has 0 radical (unpaired) electrons. The van der Waals surface area contributed by atoms with E-state index in [2.05, 4.69) is 5.32 Å². The molecule has 0 spiro atoms. The Morgan fingerprint density at radius 2 is 2.50 bits per heavy atom. The van der Waals surface area contributed by atoms with Gasteiger partial charge in [0.2, 0.25) is 5.91 Å². The molecular formula is C13H20N2O3. The van der Waals surface area contributed by atoms with E-state index in [4.69, 9.17) is 9.15 Å². The summed E-state index contributed by atoms with van der Waals surface area (Å²) in [5, 5.41) is 3.07. The van der Waals surface area contributed by atoms with Crippen LogP contribution in [0, 0.1) is 0 Å². The van der Waals surface area contributed by atoms with Gasteiger partial charge in [-0.05, 0) is 19.2 Å². The summed E-state index contributed by atoms with van der Waals surface area (Å²) in [5.41, 5.74) is 0. The molecule has 1 atom stereocenters. The molecule has 1 aromatic rings. The van der Waals surface area contributed by atoms with Crippen molar-refractivity contribution in [2.45, 2.75) is 18.9 Å². The van der Waals surface area contributed by atoms with Gasteiger partial charge in [-0.2, -0.15) is 0 Å². The molecule has 5 nitrogen and oxygen atoms in total. The number of morpholine rings is 1. The number of aryl methyl sites for hydroxylation is 1. The minimum absolute atomic E-state index is 0.108. The van der Waals surface area contributed by atoms with Crippen molar-refractivity contribution in [1.82, 2.24) is 10.2 Å². The van der Waals surface area contributed by atoms with E-state index < -0.39 is 0 Å². The molecule has 5 heteroatoms. The second-order valence-corrected chi connectivity index (χ2v) is 4.47. The average molecular weight is 252 g/mol. The van der Waals surface area contributed by atoms with Crippen LogP contribution in [0.25, 0.3) is 0 Å². The van der Waals surface area contributed by atoms with Gasteiger partial charge in [-0.25, -0.2) is 0 Å². The number of hydrogen-bond donors (Lipinski definition) is 1. The molecule has 1 fully saturated rings. The molecule has 1 aromatic heterocycles. The van der Waals surface area contributed by atoms with Gasteiger partial charge in [0.05, 0.1) is 19.0 Å². The quantitative estimate of drug-likeness (QED) is 0.836. The first-order valence-corrected chi connectivity index (χ1v) is 6.36. The highest BCUT2D eigenvalue weighted by Gasteiger charge is 2.23. The highest BCUT2D eigenvalue weighted by molar-refractivity contribution is 5.76. The number of carbonyl (C=O) groups excluding carboxylic acids is 1. The first-order chi connectivity index (χ1) is 8.79. The lowest BCUT2D eigenvalue weighted by atomic mass is 10.2. The highest BCUT2D eigenvalue weighted by atomic mass is 16.5. The SMILES string of the molecule is CNCC1CN(C(=O)CCc2ccco2)CCO1. The van der Waals surface area contributed by atoms with Crippen LogP contribution in [-0.4, -0.2) is 50.2 Å². The van der Waals surface area contributed by atoms with E-state index in [0.29, 0.717) is 32.5 Å². The molecule has 18 heavy (non-hydrogen) atoms. The Morgan fingerprint density at radius 3 is 3.22 bits per heavy atom. The summed E-state index contributed by atoms with van der Waals surface area (Å²) >= 11 is 0. The van der Waals surface area contributed by atoms with E-state index in [-0.39, 0.29) is 12.0 Å².